The molecule has 0 saturated carbocycles. The summed E-state index contributed by atoms with van der Waals surface area (Å²) in [6, 6.07) is 1.46. The van der Waals surface area contributed by atoms with Gasteiger partial charge in [0.15, 0.2) is 0 Å². The number of rotatable bonds is 2. The minimum absolute atomic E-state index is 0.330. The predicted octanol–water partition coefficient (Wildman–Crippen LogP) is 0.295. The summed E-state index contributed by atoms with van der Waals surface area (Å²) < 4.78 is 0. The summed E-state index contributed by atoms with van der Waals surface area (Å²) in [5.41, 5.74) is -0.0563. The smallest absolute Gasteiger partial charge is 0.310 e. The van der Waals surface area contributed by atoms with E-state index in [0.29, 0.717) is 18.2 Å². The maximum Gasteiger partial charge on any atom is 0.325 e. The second-order valence-electron chi connectivity index (χ2n) is 4.60. The first-order chi connectivity index (χ1) is 7.63. The highest BCUT2D eigenvalue weighted by molar-refractivity contribution is 4.98. The molecule has 16 heavy (non-hydrogen) atoms. The van der Waals surface area contributed by atoms with E-state index >= 15 is 0 Å². The van der Waals surface area contributed by atoms with Gasteiger partial charge in [0.2, 0.25) is 0 Å². The highest BCUT2D eigenvalue weighted by Gasteiger charge is 2.16. The molecule has 0 aliphatic carbocycles. The number of hydrogen-bond donors (Lipinski definition) is 2. The van der Waals surface area contributed by atoms with Crippen molar-refractivity contribution in [3.63, 3.8) is 0 Å². The Morgan fingerprint density at radius 3 is 2.94 bits per heavy atom. The third-order valence-electron chi connectivity index (χ3n) is 2.95. The molecular formula is C11H17N3O2. The molecule has 0 radical (unpaired) electrons. The molecule has 1 saturated heterocycles. The summed E-state index contributed by atoms with van der Waals surface area (Å²) in [6.07, 6.45) is 2.46. The standard InChI is InChI=1S/C11H17N3O2/c1-8-3-2-4-14(6-8)7-9-5-10(15)13-11(16)12-9/h5,8H,2-4,6-7H2,1H3,(H2,12,13,15,16)/t8-/m0/s1. The lowest BCUT2D eigenvalue weighted by Crippen LogP contribution is -2.35. The summed E-state index contributed by atoms with van der Waals surface area (Å²) in [5, 5.41) is 0. The Balaban J connectivity index is 2.08. The van der Waals surface area contributed by atoms with Gasteiger partial charge in [0, 0.05) is 24.8 Å². The first-order valence-corrected chi connectivity index (χ1v) is 5.68. The average Bonchev–Trinajstić information content (AvgIpc) is 2.15. The molecule has 2 N–H and O–H groups in total. The van der Waals surface area contributed by atoms with Gasteiger partial charge in [-0.05, 0) is 25.3 Å². The van der Waals surface area contributed by atoms with Crippen molar-refractivity contribution in [1.82, 2.24) is 14.9 Å². The Kier molecular flexibility index (Phi) is 3.24. The van der Waals surface area contributed by atoms with E-state index in [0.717, 1.165) is 13.1 Å². The summed E-state index contributed by atoms with van der Waals surface area (Å²) in [4.78, 5) is 29.3. The molecular weight excluding hydrogens is 206 g/mol. The summed E-state index contributed by atoms with van der Waals surface area (Å²) in [7, 11) is 0. The highest BCUT2D eigenvalue weighted by Crippen LogP contribution is 2.16. The molecule has 1 aromatic rings. The van der Waals surface area contributed by atoms with E-state index < -0.39 is 5.69 Å². The fourth-order valence-electron chi connectivity index (χ4n) is 2.28. The van der Waals surface area contributed by atoms with Crippen molar-refractivity contribution in [2.75, 3.05) is 13.1 Å². The minimum Gasteiger partial charge on any atom is -0.310 e. The molecule has 2 heterocycles. The van der Waals surface area contributed by atoms with Crippen LogP contribution in [0.4, 0.5) is 0 Å². The normalized spacial score (nSPS) is 22.2. The van der Waals surface area contributed by atoms with Gasteiger partial charge in [0.1, 0.15) is 0 Å². The van der Waals surface area contributed by atoms with Crippen LogP contribution in [0.2, 0.25) is 0 Å². The molecule has 0 unspecified atom stereocenters. The Morgan fingerprint density at radius 2 is 2.25 bits per heavy atom. The van der Waals surface area contributed by atoms with Crippen molar-refractivity contribution >= 4 is 0 Å². The second kappa shape index (κ2) is 4.65. The molecule has 2 rings (SSSR count). The molecule has 88 valence electrons. The summed E-state index contributed by atoms with van der Waals surface area (Å²) >= 11 is 0. The number of piperidine rings is 1. The van der Waals surface area contributed by atoms with Crippen LogP contribution in [-0.4, -0.2) is 28.0 Å². The molecule has 1 fully saturated rings. The number of H-pyrrole nitrogens is 2. The van der Waals surface area contributed by atoms with Crippen molar-refractivity contribution in [2.45, 2.75) is 26.3 Å². The van der Waals surface area contributed by atoms with E-state index in [1.807, 2.05) is 0 Å². The van der Waals surface area contributed by atoms with E-state index in [9.17, 15) is 9.59 Å². The molecule has 1 atom stereocenters. The monoisotopic (exact) mass is 223 g/mol. The molecule has 0 amide bonds. The number of nitrogens with zero attached hydrogens (tertiary/aromatic N) is 1. The topological polar surface area (TPSA) is 69.0 Å². The van der Waals surface area contributed by atoms with Crippen LogP contribution in [0.5, 0.6) is 0 Å². The lowest BCUT2D eigenvalue weighted by Gasteiger charge is -2.30. The van der Waals surface area contributed by atoms with E-state index in [2.05, 4.69) is 21.8 Å². The number of hydrogen-bond acceptors (Lipinski definition) is 3. The Hall–Kier alpha value is -1.36. The molecule has 1 aliphatic heterocycles. The van der Waals surface area contributed by atoms with Crippen LogP contribution in [0.1, 0.15) is 25.5 Å². The van der Waals surface area contributed by atoms with Gasteiger partial charge in [-0.15, -0.1) is 0 Å². The first-order valence-electron chi connectivity index (χ1n) is 5.68. The zero-order valence-corrected chi connectivity index (χ0v) is 9.45. The molecule has 0 bridgehead atoms. The lowest BCUT2D eigenvalue weighted by atomic mass is 10.0. The van der Waals surface area contributed by atoms with Crippen molar-refractivity contribution in [3.8, 4) is 0 Å². The van der Waals surface area contributed by atoms with Crippen LogP contribution in [-0.2, 0) is 6.54 Å². The number of aromatic amines is 2. The zero-order valence-electron chi connectivity index (χ0n) is 9.45. The Labute approximate surface area is 93.5 Å². The van der Waals surface area contributed by atoms with Crippen LogP contribution in [0.25, 0.3) is 0 Å². The average molecular weight is 223 g/mol. The van der Waals surface area contributed by atoms with Crippen molar-refractivity contribution in [3.05, 3.63) is 32.6 Å². The molecule has 0 spiro atoms. The fraction of sp³-hybridized carbons (Fsp3) is 0.636. The van der Waals surface area contributed by atoms with Gasteiger partial charge in [-0.25, -0.2) is 4.79 Å². The number of aromatic nitrogens is 2. The van der Waals surface area contributed by atoms with E-state index in [4.69, 9.17) is 0 Å². The Morgan fingerprint density at radius 1 is 1.44 bits per heavy atom. The first kappa shape index (κ1) is 11.1. The molecule has 1 aliphatic rings. The van der Waals surface area contributed by atoms with Crippen molar-refractivity contribution in [1.29, 1.82) is 0 Å². The van der Waals surface area contributed by atoms with Gasteiger partial charge < -0.3 is 4.98 Å². The van der Waals surface area contributed by atoms with Crippen LogP contribution >= 0.6 is 0 Å². The minimum atomic E-state index is -0.424. The van der Waals surface area contributed by atoms with Gasteiger partial charge >= 0.3 is 5.69 Å². The quantitative estimate of drug-likeness (QED) is 0.757. The highest BCUT2D eigenvalue weighted by atomic mass is 16.2. The Bertz CT molecular complexity index is 435. The third kappa shape index (κ3) is 2.82. The largest absolute Gasteiger partial charge is 0.325 e. The fourth-order valence-corrected chi connectivity index (χ4v) is 2.28. The number of nitrogens with one attached hydrogen (secondary N) is 2. The van der Waals surface area contributed by atoms with Gasteiger partial charge in [-0.2, -0.15) is 0 Å². The van der Waals surface area contributed by atoms with Gasteiger partial charge in [-0.3, -0.25) is 14.7 Å². The van der Waals surface area contributed by atoms with Gasteiger partial charge in [-0.1, -0.05) is 6.92 Å². The van der Waals surface area contributed by atoms with Crippen LogP contribution in [0.3, 0.4) is 0 Å². The van der Waals surface area contributed by atoms with E-state index in [-0.39, 0.29) is 5.56 Å². The van der Waals surface area contributed by atoms with E-state index in [1.54, 1.807) is 0 Å². The summed E-state index contributed by atoms with van der Waals surface area (Å²) in [6.45, 7) is 4.96. The number of likely N-dealkylation sites (tertiary alicyclic amines) is 1. The molecule has 5 heteroatoms. The molecule has 5 nitrogen and oxygen atoms in total. The second-order valence-corrected chi connectivity index (χ2v) is 4.60. The van der Waals surface area contributed by atoms with Gasteiger partial charge in [0.05, 0.1) is 0 Å². The molecule has 0 aromatic carbocycles. The van der Waals surface area contributed by atoms with Crippen LogP contribution < -0.4 is 11.2 Å². The van der Waals surface area contributed by atoms with Crippen molar-refractivity contribution in [2.24, 2.45) is 5.92 Å². The molecule has 1 aromatic heterocycles. The van der Waals surface area contributed by atoms with Crippen LogP contribution in [0.15, 0.2) is 15.7 Å². The maximum absolute atomic E-state index is 11.1. The zero-order chi connectivity index (χ0) is 11.5. The SMILES string of the molecule is C[C@H]1CCCN(Cc2cc(=O)[nH]c(=O)[nH]2)C1. The van der Waals surface area contributed by atoms with Crippen molar-refractivity contribution < 1.29 is 0 Å². The third-order valence-corrected chi connectivity index (χ3v) is 2.95. The summed E-state index contributed by atoms with van der Waals surface area (Å²) in [5.74, 6) is 0.697. The lowest BCUT2D eigenvalue weighted by molar-refractivity contribution is 0.174. The predicted molar refractivity (Wildman–Crippen MR) is 61.4 cm³/mol. The van der Waals surface area contributed by atoms with Gasteiger partial charge in [0.25, 0.3) is 5.56 Å². The maximum atomic E-state index is 11.1. The van der Waals surface area contributed by atoms with Crippen LogP contribution in [0, 0.1) is 5.92 Å². The van der Waals surface area contributed by atoms with E-state index in [1.165, 1.54) is 18.9 Å².